The number of hydrogen-bond acceptors (Lipinski definition) is 2. The third kappa shape index (κ3) is 3.55. The SMILES string of the molecule is CC(C)NC(=O)N[C@@H]1CNC[C@H]1C(F)(F)F. The summed E-state index contributed by atoms with van der Waals surface area (Å²) in [5.41, 5.74) is 0. The summed E-state index contributed by atoms with van der Waals surface area (Å²) >= 11 is 0. The van der Waals surface area contributed by atoms with Crippen molar-refractivity contribution in [1.82, 2.24) is 16.0 Å². The van der Waals surface area contributed by atoms with Gasteiger partial charge >= 0.3 is 12.2 Å². The van der Waals surface area contributed by atoms with Crippen LogP contribution >= 0.6 is 0 Å². The summed E-state index contributed by atoms with van der Waals surface area (Å²) in [5.74, 6) is -1.51. The molecule has 1 heterocycles. The Morgan fingerprint density at radius 3 is 2.50 bits per heavy atom. The predicted molar refractivity (Wildman–Crippen MR) is 53.0 cm³/mol. The fourth-order valence-corrected chi connectivity index (χ4v) is 1.65. The first-order chi connectivity index (χ1) is 7.30. The number of rotatable bonds is 2. The first-order valence-electron chi connectivity index (χ1n) is 5.15. The van der Waals surface area contributed by atoms with Gasteiger partial charge in [-0.3, -0.25) is 0 Å². The van der Waals surface area contributed by atoms with Gasteiger partial charge in [-0.25, -0.2) is 4.79 Å². The monoisotopic (exact) mass is 239 g/mol. The fourth-order valence-electron chi connectivity index (χ4n) is 1.65. The van der Waals surface area contributed by atoms with E-state index in [0.29, 0.717) is 0 Å². The maximum atomic E-state index is 12.5. The van der Waals surface area contributed by atoms with Crippen molar-refractivity contribution < 1.29 is 18.0 Å². The van der Waals surface area contributed by atoms with E-state index in [2.05, 4.69) is 16.0 Å². The van der Waals surface area contributed by atoms with Crippen LogP contribution in [0.15, 0.2) is 0 Å². The summed E-state index contributed by atoms with van der Waals surface area (Å²) in [4.78, 5) is 11.3. The maximum absolute atomic E-state index is 12.5. The number of halogens is 3. The van der Waals surface area contributed by atoms with Crippen molar-refractivity contribution >= 4 is 6.03 Å². The molecule has 1 saturated heterocycles. The zero-order valence-corrected chi connectivity index (χ0v) is 9.19. The van der Waals surface area contributed by atoms with Crippen LogP contribution in [0.1, 0.15) is 13.8 Å². The van der Waals surface area contributed by atoms with E-state index >= 15 is 0 Å². The number of carbonyl (C=O) groups excluding carboxylic acids is 1. The van der Waals surface area contributed by atoms with Crippen LogP contribution in [0, 0.1) is 5.92 Å². The van der Waals surface area contributed by atoms with E-state index in [1.807, 2.05) is 0 Å². The molecule has 0 unspecified atom stereocenters. The summed E-state index contributed by atoms with van der Waals surface area (Å²) in [5, 5.41) is 7.46. The van der Waals surface area contributed by atoms with Gasteiger partial charge in [-0.05, 0) is 13.8 Å². The third-order valence-electron chi connectivity index (χ3n) is 2.37. The van der Waals surface area contributed by atoms with E-state index in [1.165, 1.54) is 0 Å². The molecule has 0 spiro atoms. The topological polar surface area (TPSA) is 53.2 Å². The van der Waals surface area contributed by atoms with Crippen molar-refractivity contribution in [3.8, 4) is 0 Å². The largest absolute Gasteiger partial charge is 0.395 e. The summed E-state index contributed by atoms with van der Waals surface area (Å²) in [7, 11) is 0. The Morgan fingerprint density at radius 2 is 2.00 bits per heavy atom. The highest BCUT2D eigenvalue weighted by Crippen LogP contribution is 2.30. The van der Waals surface area contributed by atoms with Gasteiger partial charge in [0.15, 0.2) is 0 Å². The number of alkyl halides is 3. The van der Waals surface area contributed by atoms with Gasteiger partial charge in [-0.15, -0.1) is 0 Å². The van der Waals surface area contributed by atoms with Gasteiger partial charge in [0.25, 0.3) is 0 Å². The number of hydrogen-bond donors (Lipinski definition) is 3. The van der Waals surface area contributed by atoms with E-state index in [0.717, 1.165) is 0 Å². The number of nitrogens with one attached hydrogen (secondary N) is 3. The van der Waals surface area contributed by atoms with Gasteiger partial charge in [0.1, 0.15) is 0 Å². The molecule has 7 heteroatoms. The van der Waals surface area contributed by atoms with E-state index in [-0.39, 0.29) is 19.1 Å². The van der Waals surface area contributed by atoms with Gasteiger partial charge < -0.3 is 16.0 Å². The van der Waals surface area contributed by atoms with Gasteiger partial charge in [0.05, 0.1) is 12.0 Å². The Labute approximate surface area is 92.0 Å². The normalized spacial score (nSPS) is 25.9. The minimum Gasteiger partial charge on any atom is -0.336 e. The molecule has 0 bridgehead atoms. The molecule has 3 N–H and O–H groups in total. The van der Waals surface area contributed by atoms with Gasteiger partial charge in [0, 0.05) is 19.1 Å². The predicted octanol–water partition coefficient (Wildman–Crippen LogP) is 0.844. The molecule has 0 aromatic carbocycles. The van der Waals surface area contributed by atoms with Crippen molar-refractivity contribution in [2.24, 2.45) is 5.92 Å². The molecule has 94 valence electrons. The third-order valence-corrected chi connectivity index (χ3v) is 2.37. The highest BCUT2D eigenvalue weighted by Gasteiger charge is 2.47. The number of amides is 2. The Balaban J connectivity index is 2.50. The highest BCUT2D eigenvalue weighted by molar-refractivity contribution is 5.74. The Kier molecular flexibility index (Phi) is 4.01. The van der Waals surface area contributed by atoms with Crippen molar-refractivity contribution in [2.45, 2.75) is 32.1 Å². The van der Waals surface area contributed by atoms with Crippen LogP contribution in [0.2, 0.25) is 0 Å². The Hall–Kier alpha value is -0.980. The molecule has 1 aliphatic rings. The van der Waals surface area contributed by atoms with E-state index in [9.17, 15) is 18.0 Å². The van der Waals surface area contributed by atoms with Crippen LogP contribution in [0.25, 0.3) is 0 Å². The lowest BCUT2D eigenvalue weighted by atomic mass is 10.0. The second kappa shape index (κ2) is 4.90. The summed E-state index contributed by atoms with van der Waals surface area (Å²) in [6, 6.07) is -1.55. The zero-order valence-electron chi connectivity index (χ0n) is 9.19. The second-order valence-corrected chi connectivity index (χ2v) is 4.19. The smallest absolute Gasteiger partial charge is 0.336 e. The molecule has 0 saturated carbocycles. The second-order valence-electron chi connectivity index (χ2n) is 4.19. The first-order valence-corrected chi connectivity index (χ1v) is 5.15. The molecule has 2 atom stereocenters. The lowest BCUT2D eigenvalue weighted by Crippen LogP contribution is -2.50. The molecule has 2 amide bonds. The van der Waals surface area contributed by atoms with Gasteiger partial charge in [0.2, 0.25) is 0 Å². The molecule has 4 nitrogen and oxygen atoms in total. The summed E-state index contributed by atoms with van der Waals surface area (Å²) < 4.78 is 37.5. The molecular formula is C9H16F3N3O. The summed E-state index contributed by atoms with van der Waals surface area (Å²) in [6.07, 6.45) is -4.28. The van der Waals surface area contributed by atoms with Crippen LogP contribution < -0.4 is 16.0 Å². The minimum atomic E-state index is -4.28. The zero-order chi connectivity index (χ0) is 12.3. The van der Waals surface area contributed by atoms with E-state index < -0.39 is 24.2 Å². The highest BCUT2D eigenvalue weighted by atomic mass is 19.4. The minimum absolute atomic E-state index is 0.0984. The van der Waals surface area contributed by atoms with Crippen LogP contribution in [-0.4, -0.2) is 37.4 Å². The van der Waals surface area contributed by atoms with Gasteiger partial charge in [-0.1, -0.05) is 0 Å². The van der Waals surface area contributed by atoms with Gasteiger partial charge in [-0.2, -0.15) is 13.2 Å². The summed E-state index contributed by atoms with van der Waals surface area (Å²) in [6.45, 7) is 3.49. The lowest BCUT2D eigenvalue weighted by molar-refractivity contribution is -0.173. The van der Waals surface area contributed by atoms with Crippen LogP contribution in [0.3, 0.4) is 0 Å². The maximum Gasteiger partial charge on any atom is 0.395 e. The number of carbonyl (C=O) groups is 1. The molecule has 1 aliphatic heterocycles. The average molecular weight is 239 g/mol. The first kappa shape index (κ1) is 13.1. The molecular weight excluding hydrogens is 223 g/mol. The molecule has 0 aliphatic carbocycles. The van der Waals surface area contributed by atoms with Crippen LogP contribution in [-0.2, 0) is 0 Å². The van der Waals surface area contributed by atoms with Crippen molar-refractivity contribution in [3.05, 3.63) is 0 Å². The molecule has 1 rings (SSSR count). The Bertz CT molecular complexity index is 255. The van der Waals surface area contributed by atoms with E-state index in [1.54, 1.807) is 13.8 Å². The molecule has 0 radical (unpaired) electrons. The molecule has 0 aromatic heterocycles. The molecule has 16 heavy (non-hydrogen) atoms. The lowest BCUT2D eigenvalue weighted by Gasteiger charge is -2.22. The van der Waals surface area contributed by atoms with Crippen molar-refractivity contribution in [3.63, 3.8) is 0 Å². The number of urea groups is 1. The van der Waals surface area contributed by atoms with Crippen molar-refractivity contribution in [1.29, 1.82) is 0 Å². The van der Waals surface area contributed by atoms with E-state index in [4.69, 9.17) is 0 Å². The fraction of sp³-hybridized carbons (Fsp3) is 0.889. The average Bonchev–Trinajstić information content (AvgIpc) is 2.48. The van der Waals surface area contributed by atoms with Crippen molar-refractivity contribution in [2.75, 3.05) is 13.1 Å². The standard InChI is InChI=1S/C9H16F3N3O/c1-5(2)14-8(16)15-7-4-13-3-6(7)9(10,11)12/h5-7,13H,3-4H2,1-2H3,(H2,14,15,16)/t6-,7-/m1/s1. The molecule has 1 fully saturated rings. The Morgan fingerprint density at radius 1 is 1.38 bits per heavy atom. The quantitative estimate of drug-likeness (QED) is 0.669. The van der Waals surface area contributed by atoms with Crippen LogP contribution in [0.5, 0.6) is 0 Å². The molecule has 0 aromatic rings. The van der Waals surface area contributed by atoms with Crippen LogP contribution in [0.4, 0.5) is 18.0 Å².